The highest BCUT2D eigenvalue weighted by molar-refractivity contribution is 5.89. The van der Waals surface area contributed by atoms with Crippen molar-refractivity contribution in [1.82, 2.24) is 9.80 Å². The van der Waals surface area contributed by atoms with Gasteiger partial charge in [-0.2, -0.15) is 0 Å². The van der Waals surface area contributed by atoms with Crippen molar-refractivity contribution < 1.29 is 19.4 Å². The van der Waals surface area contributed by atoms with Gasteiger partial charge in [0.25, 0.3) is 0 Å². The van der Waals surface area contributed by atoms with Crippen molar-refractivity contribution in [2.75, 3.05) is 26.2 Å². The van der Waals surface area contributed by atoms with Crippen molar-refractivity contribution in [1.29, 1.82) is 0 Å². The highest BCUT2D eigenvalue weighted by Gasteiger charge is 2.45. The van der Waals surface area contributed by atoms with Gasteiger partial charge in [0, 0.05) is 26.2 Å². The number of hydrogen-bond acceptors (Lipinski definition) is 4. The molecule has 2 aromatic carbocycles. The van der Waals surface area contributed by atoms with Crippen molar-refractivity contribution in [3.8, 4) is 0 Å². The monoisotopic (exact) mass is 466 g/mol. The molecule has 184 valence electrons. The fourth-order valence-electron chi connectivity index (χ4n) is 5.32. The van der Waals surface area contributed by atoms with E-state index < -0.39 is 17.1 Å². The molecule has 1 unspecified atom stereocenters. The Labute approximate surface area is 202 Å². The summed E-state index contributed by atoms with van der Waals surface area (Å²) in [5.74, 6) is -0.647. The number of hydrogen-bond donors (Lipinski definition) is 1. The van der Waals surface area contributed by atoms with E-state index in [1.165, 1.54) is 5.56 Å². The van der Waals surface area contributed by atoms with Gasteiger partial charge in [-0.05, 0) is 56.9 Å². The Bertz CT molecular complexity index is 1040. The van der Waals surface area contributed by atoms with E-state index in [-0.39, 0.29) is 12.0 Å². The number of aryl methyl sites for hydroxylation is 1. The Morgan fingerprint density at radius 2 is 1.50 bits per heavy atom. The van der Waals surface area contributed by atoms with Gasteiger partial charge in [0.15, 0.2) is 0 Å². The molecule has 2 amide bonds. The maximum absolute atomic E-state index is 13.9. The molecule has 4 rings (SSSR count). The third-order valence-electron chi connectivity index (χ3n) is 7.10. The van der Waals surface area contributed by atoms with Gasteiger partial charge in [-0.25, -0.2) is 4.79 Å². The molecular weight excluding hydrogens is 428 g/mol. The lowest BCUT2D eigenvalue weighted by Crippen LogP contribution is -2.55. The molecular formula is C28H38N2O4. The fraction of sp³-hybridized carbons (Fsp3) is 0.571. The Balaban J connectivity index is 1.57. The molecule has 1 heterocycles. The van der Waals surface area contributed by atoms with Crippen LogP contribution >= 0.6 is 0 Å². The minimum absolute atomic E-state index is 0.0419. The van der Waals surface area contributed by atoms with Crippen LogP contribution in [0.2, 0.25) is 0 Å². The number of aliphatic hydroxyl groups is 1. The molecule has 2 fully saturated rings. The molecule has 1 aliphatic carbocycles. The molecule has 1 saturated carbocycles. The number of carbonyl (C=O) groups is 2. The van der Waals surface area contributed by atoms with Gasteiger partial charge in [-0.1, -0.05) is 61.2 Å². The highest BCUT2D eigenvalue weighted by Crippen LogP contribution is 2.42. The topological polar surface area (TPSA) is 70.1 Å². The maximum Gasteiger partial charge on any atom is 0.410 e. The SMILES string of the molecule is Cc1ccc2cc(C(C(=O)N3CCN(C(=O)OC(C)(C)C)CC3)C3(O)CCCCC3)ccc2c1. The van der Waals surface area contributed by atoms with Crippen LogP contribution < -0.4 is 0 Å². The van der Waals surface area contributed by atoms with E-state index in [1.54, 1.807) is 4.90 Å². The molecule has 34 heavy (non-hydrogen) atoms. The average Bonchev–Trinajstić information content (AvgIpc) is 2.78. The van der Waals surface area contributed by atoms with Crippen molar-refractivity contribution in [3.05, 3.63) is 47.5 Å². The Kier molecular flexibility index (Phi) is 6.90. The van der Waals surface area contributed by atoms with Crippen LogP contribution in [0.15, 0.2) is 36.4 Å². The molecule has 1 aliphatic heterocycles. The molecule has 1 atom stereocenters. The third kappa shape index (κ3) is 5.38. The summed E-state index contributed by atoms with van der Waals surface area (Å²) in [6, 6.07) is 12.4. The first-order chi connectivity index (χ1) is 16.1. The average molecular weight is 467 g/mol. The molecule has 1 saturated heterocycles. The van der Waals surface area contributed by atoms with Crippen LogP contribution in [0.5, 0.6) is 0 Å². The minimum Gasteiger partial charge on any atom is -0.444 e. The minimum atomic E-state index is -1.05. The zero-order valence-electron chi connectivity index (χ0n) is 21.0. The lowest BCUT2D eigenvalue weighted by Gasteiger charge is -2.43. The highest BCUT2D eigenvalue weighted by atomic mass is 16.6. The van der Waals surface area contributed by atoms with Crippen molar-refractivity contribution >= 4 is 22.8 Å². The number of ether oxygens (including phenoxy) is 1. The second kappa shape index (κ2) is 9.57. The summed E-state index contributed by atoms with van der Waals surface area (Å²) in [4.78, 5) is 29.9. The second-order valence-electron chi connectivity index (χ2n) is 11.0. The third-order valence-corrected chi connectivity index (χ3v) is 7.10. The summed E-state index contributed by atoms with van der Waals surface area (Å²) in [5.41, 5.74) is 0.478. The fourth-order valence-corrected chi connectivity index (χ4v) is 5.32. The Hall–Kier alpha value is -2.60. The number of amides is 2. The molecule has 0 spiro atoms. The summed E-state index contributed by atoms with van der Waals surface area (Å²) in [6.07, 6.45) is 3.88. The number of fused-ring (bicyclic) bond motifs is 1. The predicted molar refractivity (Wildman–Crippen MR) is 134 cm³/mol. The standard InChI is InChI=1S/C28H38N2O4/c1-20-8-9-22-19-23(11-10-21(22)18-20)24(28(33)12-6-5-7-13-28)25(31)29-14-16-30(17-15-29)26(32)34-27(2,3)4/h8-11,18-19,24,33H,5-7,12-17H2,1-4H3. The lowest BCUT2D eigenvalue weighted by atomic mass is 9.72. The maximum atomic E-state index is 13.9. The Morgan fingerprint density at radius 1 is 0.912 bits per heavy atom. The van der Waals surface area contributed by atoms with E-state index in [0.29, 0.717) is 39.0 Å². The van der Waals surface area contributed by atoms with Crippen LogP contribution in [0.3, 0.4) is 0 Å². The van der Waals surface area contributed by atoms with Crippen LogP contribution in [-0.4, -0.2) is 64.3 Å². The summed E-state index contributed by atoms with van der Waals surface area (Å²) < 4.78 is 5.49. The number of nitrogens with zero attached hydrogens (tertiary/aromatic N) is 2. The molecule has 0 aromatic heterocycles. The quantitative estimate of drug-likeness (QED) is 0.691. The van der Waals surface area contributed by atoms with Gasteiger partial charge in [0.2, 0.25) is 5.91 Å². The molecule has 6 heteroatoms. The van der Waals surface area contributed by atoms with Gasteiger partial charge in [-0.15, -0.1) is 0 Å². The van der Waals surface area contributed by atoms with E-state index in [4.69, 9.17) is 4.74 Å². The van der Waals surface area contributed by atoms with Crippen LogP contribution in [0, 0.1) is 6.92 Å². The van der Waals surface area contributed by atoms with E-state index in [2.05, 4.69) is 37.3 Å². The first-order valence-corrected chi connectivity index (χ1v) is 12.6. The van der Waals surface area contributed by atoms with Crippen molar-refractivity contribution in [2.45, 2.75) is 76.9 Å². The number of benzene rings is 2. The second-order valence-corrected chi connectivity index (χ2v) is 11.0. The first kappa shape index (κ1) is 24.5. The van der Waals surface area contributed by atoms with Crippen LogP contribution in [0.4, 0.5) is 4.79 Å². The predicted octanol–water partition coefficient (Wildman–Crippen LogP) is 5.01. The molecule has 6 nitrogen and oxygen atoms in total. The molecule has 0 bridgehead atoms. The number of piperazine rings is 1. The normalized spacial score (nSPS) is 19.7. The zero-order valence-corrected chi connectivity index (χ0v) is 21.0. The summed E-state index contributed by atoms with van der Waals surface area (Å²) in [7, 11) is 0. The van der Waals surface area contributed by atoms with Crippen LogP contribution in [0.1, 0.15) is 69.9 Å². The molecule has 1 N–H and O–H groups in total. The van der Waals surface area contributed by atoms with Crippen LogP contribution in [0.25, 0.3) is 10.8 Å². The molecule has 0 radical (unpaired) electrons. The zero-order chi connectivity index (χ0) is 24.5. The van der Waals surface area contributed by atoms with Crippen molar-refractivity contribution in [3.63, 3.8) is 0 Å². The van der Waals surface area contributed by atoms with Gasteiger partial charge in [-0.3, -0.25) is 4.79 Å². The smallest absolute Gasteiger partial charge is 0.410 e. The van der Waals surface area contributed by atoms with Gasteiger partial charge in [0.1, 0.15) is 5.60 Å². The largest absolute Gasteiger partial charge is 0.444 e. The summed E-state index contributed by atoms with van der Waals surface area (Å²) in [5, 5.41) is 14.0. The van der Waals surface area contributed by atoms with E-state index >= 15 is 0 Å². The van der Waals surface area contributed by atoms with E-state index in [9.17, 15) is 14.7 Å². The van der Waals surface area contributed by atoms with Crippen molar-refractivity contribution in [2.24, 2.45) is 0 Å². The number of rotatable bonds is 3. The van der Waals surface area contributed by atoms with Crippen LogP contribution in [-0.2, 0) is 9.53 Å². The van der Waals surface area contributed by atoms with E-state index in [0.717, 1.165) is 35.6 Å². The Morgan fingerprint density at radius 3 is 2.15 bits per heavy atom. The lowest BCUT2D eigenvalue weighted by molar-refractivity contribution is -0.143. The summed E-state index contributed by atoms with van der Waals surface area (Å²) >= 11 is 0. The van der Waals surface area contributed by atoms with Gasteiger partial charge < -0.3 is 19.6 Å². The van der Waals surface area contributed by atoms with Gasteiger partial charge in [0.05, 0.1) is 11.5 Å². The van der Waals surface area contributed by atoms with E-state index in [1.807, 2.05) is 31.7 Å². The first-order valence-electron chi connectivity index (χ1n) is 12.6. The summed E-state index contributed by atoms with van der Waals surface area (Å²) in [6.45, 7) is 9.38. The van der Waals surface area contributed by atoms with Gasteiger partial charge >= 0.3 is 6.09 Å². The molecule has 2 aromatic rings. The number of carbonyl (C=O) groups excluding carboxylic acids is 2. The molecule has 2 aliphatic rings.